The van der Waals surface area contributed by atoms with Crippen molar-refractivity contribution in [3.63, 3.8) is 0 Å². The Balaban J connectivity index is 6.38. The van der Waals surface area contributed by atoms with Crippen molar-refractivity contribution in [1.29, 1.82) is 0 Å². The van der Waals surface area contributed by atoms with Gasteiger partial charge in [0.25, 0.3) is 0 Å². The number of ether oxygens (including phenoxy) is 4. The van der Waals surface area contributed by atoms with Crippen molar-refractivity contribution in [3.05, 3.63) is 0 Å². The van der Waals surface area contributed by atoms with Crippen LogP contribution in [0.4, 0.5) is 0 Å². The Bertz CT molecular complexity index is 2190. The normalized spacial score (nSPS) is 15.5. The summed E-state index contributed by atoms with van der Waals surface area (Å²) in [5.74, 6) is -10.4. The highest BCUT2D eigenvalue weighted by molar-refractivity contribution is 5.80. The molecule has 0 saturated heterocycles. The molecular formula is C54H93N9O36. The van der Waals surface area contributed by atoms with Crippen LogP contribution in [0.15, 0.2) is 20.6 Å². The molecule has 45 heteroatoms. The first-order valence-corrected chi connectivity index (χ1v) is 30.1. The van der Waals surface area contributed by atoms with E-state index in [1.807, 2.05) is 0 Å². The number of nitrogens with zero attached hydrogens (tertiary/aromatic N) is 9. The van der Waals surface area contributed by atoms with Crippen LogP contribution in [-0.4, -0.2) is 438 Å². The molecule has 0 fully saturated rings. The van der Waals surface area contributed by atoms with Crippen molar-refractivity contribution < 1.29 is 178 Å². The fourth-order valence-corrected chi connectivity index (χ4v) is 7.58. The second-order valence-electron chi connectivity index (χ2n) is 20.9. The van der Waals surface area contributed by atoms with Gasteiger partial charge in [0.2, 0.25) is 38.2 Å². The van der Waals surface area contributed by atoms with Crippen molar-refractivity contribution in [2.45, 2.75) is 98.9 Å². The lowest BCUT2D eigenvalue weighted by Crippen LogP contribution is -2.49. The van der Waals surface area contributed by atoms with Crippen molar-refractivity contribution in [2.75, 3.05) is 164 Å². The zero-order valence-corrected chi connectivity index (χ0v) is 53.7. The maximum Gasteiger partial charge on any atom is 0.347 e. The average molecular weight is 1440 g/mol. The summed E-state index contributed by atoms with van der Waals surface area (Å²) in [7, 11) is 0. The molecule has 45 nitrogen and oxygen atoms in total. The first-order chi connectivity index (χ1) is 46.9. The van der Waals surface area contributed by atoms with E-state index < -0.39 is 291 Å². The number of rotatable bonds is 60. The molecule has 0 bridgehead atoms. The van der Waals surface area contributed by atoms with Gasteiger partial charge in [-0.3, -0.25) is 38.7 Å². The van der Waals surface area contributed by atoms with Crippen LogP contribution in [0.2, 0.25) is 0 Å². The van der Waals surface area contributed by atoms with E-state index in [4.69, 9.17) is 58.7 Å². The van der Waals surface area contributed by atoms with Crippen LogP contribution in [0, 0.1) is 0 Å². The zero-order valence-electron chi connectivity index (χ0n) is 53.7. The SMILES string of the molecule is O=C(O)CN(CCN(CC(=O)O)CC(=O)N(CCOC(=O)CO/N=C\C[C@H](O)[C@@H](O)[C@H](O)CO)CCOC(=O)CO/N=C/C[C@H](O)[C@@H](O)[C@H](O)CO)CCN(CC(=O)O)CC(=O)N(CCOC(=O)CO/N=C/C[C@H](O)[C@@H](O)[C@H](O)CO)CCOC(=O)CO/N=C/C[C@H](O)[C@@H](O)[C@H](O)CO. The topological polar surface area (TPSA) is 677 Å². The Hall–Kier alpha value is -7.65. The van der Waals surface area contributed by atoms with E-state index >= 15 is 0 Å². The lowest BCUT2D eigenvalue weighted by Gasteiger charge is -2.30. The molecule has 2 amide bonds. The van der Waals surface area contributed by atoms with Gasteiger partial charge in [-0.05, 0) is 0 Å². The van der Waals surface area contributed by atoms with Gasteiger partial charge in [-0.25, -0.2) is 19.2 Å². The van der Waals surface area contributed by atoms with Gasteiger partial charge in [-0.2, -0.15) is 0 Å². The van der Waals surface area contributed by atoms with Gasteiger partial charge in [0, 0.05) is 76.7 Å². The maximum atomic E-state index is 13.9. The largest absolute Gasteiger partial charge is 0.480 e. The number of oxime groups is 4. The highest BCUT2D eigenvalue weighted by atomic mass is 16.7. The van der Waals surface area contributed by atoms with Crippen molar-refractivity contribution >= 4 is 78.5 Å². The zero-order chi connectivity index (χ0) is 74.8. The summed E-state index contributed by atoms with van der Waals surface area (Å²) in [6.07, 6.45) is -17.8. The van der Waals surface area contributed by atoms with Crippen molar-refractivity contribution in [2.24, 2.45) is 20.6 Å². The van der Waals surface area contributed by atoms with Crippen LogP contribution in [0.3, 0.4) is 0 Å². The highest BCUT2D eigenvalue weighted by Crippen LogP contribution is 2.08. The number of esters is 4. The molecule has 19 N–H and O–H groups in total. The van der Waals surface area contributed by atoms with Gasteiger partial charge in [0.15, 0.2) is 0 Å². The van der Waals surface area contributed by atoms with E-state index in [2.05, 4.69) is 20.6 Å². The smallest absolute Gasteiger partial charge is 0.347 e. The summed E-state index contributed by atoms with van der Waals surface area (Å²) < 4.78 is 20.4. The van der Waals surface area contributed by atoms with Crippen LogP contribution in [0.5, 0.6) is 0 Å². The van der Waals surface area contributed by atoms with E-state index in [-0.39, 0.29) is 26.2 Å². The predicted octanol–water partition coefficient (Wildman–Crippen LogP) is -13.2. The van der Waals surface area contributed by atoms with Gasteiger partial charge in [-0.1, -0.05) is 20.6 Å². The Labute approximate surface area is 564 Å². The number of carbonyl (C=O) groups excluding carboxylic acids is 6. The number of aliphatic hydroxyl groups excluding tert-OH is 16. The number of hydrogen-bond donors (Lipinski definition) is 19. The molecule has 99 heavy (non-hydrogen) atoms. The lowest BCUT2D eigenvalue weighted by atomic mass is 10.1. The van der Waals surface area contributed by atoms with Crippen LogP contribution < -0.4 is 0 Å². The third kappa shape index (κ3) is 44.2. The molecule has 0 heterocycles. The summed E-state index contributed by atoms with van der Waals surface area (Å²) in [5, 5.41) is 195. The second kappa shape index (κ2) is 54.2. The Morgan fingerprint density at radius 2 is 0.515 bits per heavy atom. The minimum Gasteiger partial charge on any atom is -0.480 e. The number of carbonyl (C=O) groups is 9. The standard InChI is InChI=1S/C54H93N9O36/c64-26-38(72)51(88)34(68)1-5-55-96-30-47(84)92-17-13-62(14-18-93-48(85)31-97-56-6-2-35(69)52(89)39(73)27-65)42(76)21-60(24-45(80)81)11-9-59(23-44(78)79)10-12-61(25-46(82)83)22-43(77)63(15-19-94-49(86)32-98-57-7-3-36(70)53(90)40(74)28-66)16-20-95-50(87)33-99-58-8-4-37(71)54(91)41(75)29-67/h5-8,34-41,51-54,64-75,88-91H,1-4,9-33H2,(H,78,79)(H,80,81)(H,82,83)/b55-5-,56-6+,57-7+,58-8+/t34-,35-,36-,37-,38+,39+,40+,41+,51+,52+,53+,54+/m0/s1. The molecule has 0 saturated carbocycles. The molecule has 0 spiro atoms. The molecule has 0 aliphatic carbocycles. The first-order valence-electron chi connectivity index (χ1n) is 30.1. The van der Waals surface area contributed by atoms with Crippen molar-refractivity contribution in [1.82, 2.24) is 24.5 Å². The Morgan fingerprint density at radius 3 is 0.727 bits per heavy atom. The minimum atomic E-state index is -1.75. The van der Waals surface area contributed by atoms with Crippen LogP contribution in [-0.2, 0) is 81.4 Å². The van der Waals surface area contributed by atoms with Gasteiger partial charge in [0.05, 0.1) is 110 Å². The van der Waals surface area contributed by atoms with Crippen LogP contribution in [0.25, 0.3) is 0 Å². The number of carboxylic acids is 3. The second-order valence-corrected chi connectivity index (χ2v) is 20.9. The molecule has 0 aromatic carbocycles. The number of amides is 2. The lowest BCUT2D eigenvalue weighted by molar-refractivity contribution is -0.153. The van der Waals surface area contributed by atoms with Crippen LogP contribution >= 0.6 is 0 Å². The first kappa shape index (κ1) is 91.4. The fourth-order valence-electron chi connectivity index (χ4n) is 7.58. The number of carboxylic acid groups (broad SMARTS) is 3. The van der Waals surface area contributed by atoms with Crippen LogP contribution in [0.1, 0.15) is 25.7 Å². The highest BCUT2D eigenvalue weighted by Gasteiger charge is 2.29. The molecule has 0 aromatic heterocycles. The Kier molecular flexibility index (Phi) is 50.0. The van der Waals surface area contributed by atoms with Crippen molar-refractivity contribution in [3.8, 4) is 0 Å². The molecule has 0 aromatic rings. The maximum absolute atomic E-state index is 13.9. The van der Waals surface area contributed by atoms with E-state index in [9.17, 15) is 120 Å². The number of hydrogen-bond acceptors (Lipinski definition) is 40. The molecule has 0 unspecified atom stereocenters. The average Bonchev–Trinajstić information content (AvgIpc) is 1.21. The van der Waals surface area contributed by atoms with E-state index in [1.54, 1.807) is 0 Å². The molecule has 0 radical (unpaired) electrons. The predicted molar refractivity (Wildman–Crippen MR) is 326 cm³/mol. The Morgan fingerprint density at radius 1 is 0.303 bits per heavy atom. The van der Waals surface area contributed by atoms with E-state index in [0.717, 1.165) is 44.5 Å². The molecule has 12 atom stereocenters. The van der Waals surface area contributed by atoms with Gasteiger partial charge in [0.1, 0.15) is 75.3 Å². The summed E-state index contributed by atoms with van der Waals surface area (Å²) >= 11 is 0. The summed E-state index contributed by atoms with van der Waals surface area (Å²) in [6.45, 7) is -16.4. The minimum absolute atomic E-state index is 0.344. The fraction of sp³-hybridized carbons (Fsp3) is 0.759. The molecule has 0 aliphatic heterocycles. The molecular weight excluding hydrogens is 1350 g/mol. The molecule has 0 rings (SSSR count). The summed E-state index contributed by atoms with van der Waals surface area (Å²) in [6, 6.07) is 0. The van der Waals surface area contributed by atoms with E-state index in [0.29, 0.717) is 0 Å². The van der Waals surface area contributed by atoms with Gasteiger partial charge < -0.3 is 145 Å². The van der Waals surface area contributed by atoms with Gasteiger partial charge in [-0.15, -0.1) is 0 Å². The summed E-state index contributed by atoms with van der Waals surface area (Å²) in [5.41, 5.74) is 0. The van der Waals surface area contributed by atoms with E-state index in [1.165, 1.54) is 4.90 Å². The summed E-state index contributed by atoms with van der Waals surface area (Å²) in [4.78, 5) is 138. The monoisotopic (exact) mass is 1440 g/mol. The quantitative estimate of drug-likeness (QED) is 0.0116. The number of aliphatic hydroxyl groups is 16. The number of aliphatic carboxylic acids is 3. The molecule has 570 valence electrons. The third-order valence-electron chi connectivity index (χ3n) is 13.1. The molecule has 0 aliphatic rings. The third-order valence-corrected chi connectivity index (χ3v) is 13.1. The van der Waals surface area contributed by atoms with Gasteiger partial charge >= 0.3 is 41.8 Å².